The predicted octanol–water partition coefficient (Wildman–Crippen LogP) is 3.85. The van der Waals surface area contributed by atoms with Crippen molar-refractivity contribution in [1.82, 2.24) is 19.9 Å². The molecule has 0 saturated heterocycles. The van der Waals surface area contributed by atoms with Crippen LogP contribution in [0.4, 0.5) is 0 Å². The molecule has 0 bridgehead atoms. The summed E-state index contributed by atoms with van der Waals surface area (Å²) in [6, 6.07) is 12.2. The second-order valence-electron chi connectivity index (χ2n) is 6.69. The zero-order valence-corrected chi connectivity index (χ0v) is 16.3. The lowest BCUT2D eigenvalue weighted by Gasteiger charge is -2.11. The number of aryl methyl sites for hydroxylation is 2. The number of rotatable bonds is 6. The lowest BCUT2D eigenvalue weighted by Crippen LogP contribution is -2.26. The molecule has 3 aromatic heterocycles. The van der Waals surface area contributed by atoms with Gasteiger partial charge in [0.15, 0.2) is 5.65 Å². The summed E-state index contributed by atoms with van der Waals surface area (Å²) in [5, 5.41) is 10.8. The van der Waals surface area contributed by atoms with Crippen LogP contribution >= 0.6 is 11.3 Å². The maximum Gasteiger partial charge on any atom is 0.220 e. The Bertz CT molecular complexity index is 1100. The highest BCUT2D eigenvalue weighted by Gasteiger charge is 2.14. The number of benzene rings is 1. The zero-order chi connectivity index (χ0) is 18.8. The summed E-state index contributed by atoms with van der Waals surface area (Å²) in [7, 11) is 0. The van der Waals surface area contributed by atoms with Gasteiger partial charge in [-0.3, -0.25) is 4.79 Å². The number of hydrogen-bond donors (Lipinski definition) is 1. The molecule has 3 heterocycles. The Morgan fingerprint density at radius 3 is 2.81 bits per heavy atom. The van der Waals surface area contributed by atoms with Crippen molar-refractivity contribution >= 4 is 33.8 Å². The van der Waals surface area contributed by atoms with Crippen LogP contribution in [-0.2, 0) is 17.6 Å². The average Bonchev–Trinajstić information content (AvgIpc) is 3.30. The normalized spacial score (nSPS) is 11.3. The molecule has 0 unspecified atom stereocenters. The van der Waals surface area contributed by atoms with Crippen molar-refractivity contribution in [3.8, 4) is 0 Å². The molecule has 4 rings (SSSR count). The van der Waals surface area contributed by atoms with Crippen molar-refractivity contribution in [3.63, 3.8) is 0 Å². The van der Waals surface area contributed by atoms with E-state index in [4.69, 9.17) is 4.98 Å². The van der Waals surface area contributed by atoms with Crippen LogP contribution in [0.5, 0.6) is 0 Å². The average molecular weight is 379 g/mol. The van der Waals surface area contributed by atoms with Crippen LogP contribution < -0.4 is 5.32 Å². The van der Waals surface area contributed by atoms with Crippen LogP contribution in [-0.4, -0.2) is 27.0 Å². The van der Waals surface area contributed by atoms with E-state index in [2.05, 4.69) is 28.8 Å². The highest BCUT2D eigenvalue weighted by molar-refractivity contribution is 7.09. The lowest BCUT2D eigenvalue weighted by molar-refractivity contribution is -0.121. The third-order valence-electron chi connectivity index (χ3n) is 4.89. The first-order chi connectivity index (χ1) is 13.1. The van der Waals surface area contributed by atoms with Crippen LogP contribution in [0.1, 0.15) is 28.2 Å². The van der Waals surface area contributed by atoms with Crippen molar-refractivity contribution < 1.29 is 4.79 Å². The van der Waals surface area contributed by atoms with Crippen molar-refractivity contribution in [2.45, 2.75) is 33.1 Å². The second-order valence-corrected chi connectivity index (χ2v) is 7.73. The molecule has 0 fully saturated rings. The quantitative estimate of drug-likeness (QED) is 0.554. The molecule has 1 aromatic carbocycles. The van der Waals surface area contributed by atoms with E-state index in [-0.39, 0.29) is 5.91 Å². The van der Waals surface area contributed by atoms with E-state index >= 15 is 0 Å². The number of amides is 1. The lowest BCUT2D eigenvalue weighted by atomic mass is 10.1. The molecule has 0 spiro atoms. The van der Waals surface area contributed by atoms with Gasteiger partial charge in [0.05, 0.1) is 5.52 Å². The third kappa shape index (κ3) is 3.57. The van der Waals surface area contributed by atoms with Gasteiger partial charge in [0.1, 0.15) is 0 Å². The first-order valence-corrected chi connectivity index (χ1v) is 10.0. The van der Waals surface area contributed by atoms with Gasteiger partial charge in [-0.1, -0.05) is 18.2 Å². The summed E-state index contributed by atoms with van der Waals surface area (Å²) in [5.41, 5.74) is 4.95. The second kappa shape index (κ2) is 7.48. The van der Waals surface area contributed by atoms with Gasteiger partial charge in [-0.15, -0.1) is 11.3 Å². The number of nitrogens with zero attached hydrogens (tertiary/aromatic N) is 3. The molecule has 1 N–H and O–H groups in total. The van der Waals surface area contributed by atoms with Gasteiger partial charge in [-0.2, -0.15) is 5.10 Å². The molecule has 0 saturated carbocycles. The molecular formula is C21H22N4OS. The van der Waals surface area contributed by atoms with E-state index in [1.807, 2.05) is 41.8 Å². The molecule has 0 aliphatic rings. The first kappa shape index (κ1) is 17.7. The fourth-order valence-corrected chi connectivity index (χ4v) is 4.15. The van der Waals surface area contributed by atoms with Crippen LogP contribution in [0.2, 0.25) is 0 Å². The molecular weight excluding hydrogens is 356 g/mol. The van der Waals surface area contributed by atoms with Gasteiger partial charge in [0.2, 0.25) is 5.91 Å². The van der Waals surface area contributed by atoms with Gasteiger partial charge >= 0.3 is 0 Å². The van der Waals surface area contributed by atoms with E-state index in [1.165, 1.54) is 4.88 Å². The number of nitrogens with one attached hydrogen (secondary N) is 1. The van der Waals surface area contributed by atoms with E-state index < -0.39 is 0 Å². The Morgan fingerprint density at radius 1 is 1.15 bits per heavy atom. The van der Waals surface area contributed by atoms with E-state index in [9.17, 15) is 4.79 Å². The molecule has 0 atom stereocenters. The summed E-state index contributed by atoms with van der Waals surface area (Å²) in [6.45, 7) is 4.75. The maximum atomic E-state index is 12.2. The molecule has 0 aliphatic heterocycles. The first-order valence-electron chi connectivity index (χ1n) is 9.16. The number of carbonyl (C=O) groups is 1. The topological polar surface area (TPSA) is 59.3 Å². The summed E-state index contributed by atoms with van der Waals surface area (Å²) in [4.78, 5) is 18.3. The van der Waals surface area contributed by atoms with Gasteiger partial charge in [0, 0.05) is 34.6 Å². The summed E-state index contributed by atoms with van der Waals surface area (Å²) in [6.07, 6.45) is 2.01. The monoisotopic (exact) mass is 378 g/mol. The van der Waals surface area contributed by atoms with Crippen LogP contribution in [0.3, 0.4) is 0 Å². The maximum absolute atomic E-state index is 12.2. The van der Waals surface area contributed by atoms with Crippen LogP contribution in [0.25, 0.3) is 16.6 Å². The number of fused-ring (bicyclic) bond motifs is 3. The number of aromatic nitrogens is 3. The highest BCUT2D eigenvalue weighted by Crippen LogP contribution is 2.22. The molecule has 1 amide bonds. The fourth-order valence-electron chi connectivity index (χ4n) is 3.45. The van der Waals surface area contributed by atoms with E-state index in [0.29, 0.717) is 19.4 Å². The molecule has 6 heteroatoms. The van der Waals surface area contributed by atoms with Crippen LogP contribution in [0, 0.1) is 13.8 Å². The Labute approximate surface area is 162 Å². The minimum absolute atomic E-state index is 0.0797. The molecule has 138 valence electrons. The standard InChI is InChI=1S/C21H22N4OS/c1-14-17(9-10-20(26)22-12-11-16-6-5-13-27-16)15(2)25-21(23-14)18-7-3-4-8-19(18)24-25/h3-8,13H,9-12H2,1-2H3,(H,22,26). The van der Waals surface area contributed by atoms with Crippen molar-refractivity contribution in [3.05, 3.63) is 63.6 Å². The molecule has 0 aliphatic carbocycles. The molecule has 5 nitrogen and oxygen atoms in total. The van der Waals surface area contributed by atoms with Crippen LogP contribution in [0.15, 0.2) is 41.8 Å². The van der Waals surface area contributed by atoms with Gasteiger partial charge in [0.25, 0.3) is 0 Å². The number of thiophene rings is 1. The summed E-state index contributed by atoms with van der Waals surface area (Å²) >= 11 is 1.72. The van der Waals surface area contributed by atoms with Crippen molar-refractivity contribution in [2.75, 3.05) is 6.54 Å². The zero-order valence-electron chi connectivity index (χ0n) is 15.5. The van der Waals surface area contributed by atoms with Gasteiger partial charge < -0.3 is 5.32 Å². The van der Waals surface area contributed by atoms with Crippen molar-refractivity contribution in [2.24, 2.45) is 0 Å². The predicted molar refractivity (Wildman–Crippen MR) is 109 cm³/mol. The number of carbonyl (C=O) groups excluding carboxylic acids is 1. The Hall–Kier alpha value is -2.73. The minimum Gasteiger partial charge on any atom is -0.356 e. The SMILES string of the molecule is Cc1nc2c3ccccc3nn2c(C)c1CCC(=O)NCCc1cccs1. The Balaban J connectivity index is 1.47. The largest absolute Gasteiger partial charge is 0.356 e. The summed E-state index contributed by atoms with van der Waals surface area (Å²) in [5.74, 6) is 0.0797. The highest BCUT2D eigenvalue weighted by atomic mass is 32.1. The molecule has 27 heavy (non-hydrogen) atoms. The van der Waals surface area contributed by atoms with E-state index in [0.717, 1.165) is 39.9 Å². The minimum atomic E-state index is 0.0797. The third-order valence-corrected chi connectivity index (χ3v) is 5.83. The van der Waals surface area contributed by atoms with Gasteiger partial charge in [-0.25, -0.2) is 9.50 Å². The Kier molecular flexibility index (Phi) is 4.90. The smallest absolute Gasteiger partial charge is 0.220 e. The molecule has 0 radical (unpaired) electrons. The summed E-state index contributed by atoms with van der Waals surface area (Å²) < 4.78 is 1.90. The van der Waals surface area contributed by atoms with E-state index in [1.54, 1.807) is 11.3 Å². The Morgan fingerprint density at radius 2 is 2.00 bits per heavy atom. The molecule has 4 aromatic rings. The number of hydrogen-bond acceptors (Lipinski definition) is 4. The van der Waals surface area contributed by atoms with Crippen molar-refractivity contribution in [1.29, 1.82) is 0 Å². The van der Waals surface area contributed by atoms with Gasteiger partial charge in [-0.05, 0) is 55.8 Å². The fraction of sp³-hybridized carbons (Fsp3) is 0.286.